The van der Waals surface area contributed by atoms with E-state index >= 15 is 0 Å². The van der Waals surface area contributed by atoms with Crippen LogP contribution in [0.15, 0.2) is 48.5 Å². The van der Waals surface area contributed by atoms with E-state index in [0.29, 0.717) is 11.3 Å². The van der Waals surface area contributed by atoms with Crippen molar-refractivity contribution >= 4 is 17.5 Å². The molecular weight excluding hydrogens is 337 g/mol. The molecule has 6 nitrogen and oxygen atoms in total. The molecule has 3 rings (SSSR count). The Kier molecular flexibility index (Phi) is 5.13. The summed E-state index contributed by atoms with van der Waals surface area (Å²) in [5.74, 6) is -1.42. The molecule has 7 heteroatoms. The second-order valence-corrected chi connectivity index (χ2v) is 5.86. The molecule has 0 atom stereocenters. The number of likely N-dealkylation sites (tertiary alicyclic amines) is 1. The summed E-state index contributed by atoms with van der Waals surface area (Å²) in [6.07, 6.45) is 0. The van der Waals surface area contributed by atoms with E-state index in [-0.39, 0.29) is 43.2 Å². The van der Waals surface area contributed by atoms with Gasteiger partial charge in [-0.3, -0.25) is 9.59 Å². The maximum absolute atomic E-state index is 13.4. The summed E-state index contributed by atoms with van der Waals surface area (Å²) in [6.45, 7) is 0.243. The van der Waals surface area contributed by atoms with Crippen LogP contribution in [0.25, 0.3) is 0 Å². The van der Waals surface area contributed by atoms with Crippen molar-refractivity contribution in [2.45, 2.75) is 0 Å². The summed E-state index contributed by atoms with van der Waals surface area (Å²) in [5.41, 5.74) is 0.832. The average molecular weight is 353 g/mol. The highest BCUT2D eigenvalue weighted by Gasteiger charge is 2.36. The summed E-state index contributed by atoms with van der Waals surface area (Å²) in [6, 6.07) is 14.6. The first-order chi connectivity index (χ1) is 12.6. The summed E-state index contributed by atoms with van der Waals surface area (Å²) in [5, 5.41) is 11.7. The van der Waals surface area contributed by atoms with Gasteiger partial charge in [-0.1, -0.05) is 24.3 Å². The Morgan fingerprint density at radius 2 is 1.88 bits per heavy atom. The van der Waals surface area contributed by atoms with Gasteiger partial charge in [0.05, 0.1) is 17.2 Å². The molecule has 1 N–H and O–H groups in total. The number of benzene rings is 2. The van der Waals surface area contributed by atoms with Gasteiger partial charge in [0, 0.05) is 13.1 Å². The van der Waals surface area contributed by atoms with Gasteiger partial charge in [-0.2, -0.15) is 5.26 Å². The minimum absolute atomic E-state index is 0.0174. The summed E-state index contributed by atoms with van der Waals surface area (Å²) in [4.78, 5) is 25.7. The number of carbonyl (C=O) groups is 2. The molecule has 132 valence electrons. The van der Waals surface area contributed by atoms with Crippen molar-refractivity contribution in [3.8, 4) is 11.8 Å². The molecule has 26 heavy (non-hydrogen) atoms. The van der Waals surface area contributed by atoms with Crippen LogP contribution < -0.4 is 10.1 Å². The predicted molar refractivity (Wildman–Crippen MR) is 91.8 cm³/mol. The Balaban J connectivity index is 1.47. The number of hydrogen-bond donors (Lipinski definition) is 1. The quantitative estimate of drug-likeness (QED) is 0.893. The minimum Gasteiger partial charge on any atom is -0.481 e. The lowest BCUT2D eigenvalue weighted by Crippen LogP contribution is -2.55. The lowest BCUT2D eigenvalue weighted by molar-refractivity contribution is -0.143. The highest BCUT2D eigenvalue weighted by Crippen LogP contribution is 2.21. The van der Waals surface area contributed by atoms with Gasteiger partial charge in [0.1, 0.15) is 6.07 Å². The molecule has 0 radical (unpaired) electrons. The number of rotatable bonds is 5. The van der Waals surface area contributed by atoms with E-state index in [4.69, 9.17) is 10.00 Å². The monoisotopic (exact) mass is 353 g/mol. The van der Waals surface area contributed by atoms with Crippen molar-refractivity contribution in [3.63, 3.8) is 0 Å². The molecule has 2 aromatic rings. The van der Waals surface area contributed by atoms with Crippen molar-refractivity contribution in [3.05, 3.63) is 59.9 Å². The molecule has 1 fully saturated rings. The van der Waals surface area contributed by atoms with Gasteiger partial charge in [-0.15, -0.1) is 0 Å². The Morgan fingerprint density at radius 3 is 2.62 bits per heavy atom. The van der Waals surface area contributed by atoms with E-state index < -0.39 is 5.82 Å². The predicted octanol–water partition coefficient (Wildman–Crippen LogP) is 2.17. The van der Waals surface area contributed by atoms with E-state index in [0.717, 1.165) is 0 Å². The van der Waals surface area contributed by atoms with Crippen LogP contribution in [0.1, 0.15) is 5.56 Å². The third-order valence-electron chi connectivity index (χ3n) is 4.10. The maximum Gasteiger partial charge on any atom is 0.260 e. The highest BCUT2D eigenvalue weighted by atomic mass is 19.1. The standard InChI is InChI=1S/C19H16FN3O3/c20-15-6-2-4-8-17(15)26-12-18(24)23-10-14(11-23)19(25)22-16-7-3-1-5-13(16)9-21/h1-8,14H,10-12H2,(H,22,25). The van der Waals surface area contributed by atoms with Crippen LogP contribution in [-0.4, -0.2) is 36.4 Å². The average Bonchev–Trinajstić information content (AvgIpc) is 2.60. The molecule has 0 saturated carbocycles. The summed E-state index contributed by atoms with van der Waals surface area (Å²) >= 11 is 0. The number of para-hydroxylation sites is 2. The molecule has 2 aromatic carbocycles. The van der Waals surface area contributed by atoms with E-state index in [9.17, 15) is 14.0 Å². The number of amides is 2. The van der Waals surface area contributed by atoms with Gasteiger partial charge in [-0.25, -0.2) is 4.39 Å². The van der Waals surface area contributed by atoms with E-state index in [1.165, 1.54) is 23.1 Å². The molecule has 0 unspecified atom stereocenters. The first-order valence-corrected chi connectivity index (χ1v) is 8.03. The van der Waals surface area contributed by atoms with Gasteiger partial charge >= 0.3 is 0 Å². The fraction of sp³-hybridized carbons (Fsp3) is 0.211. The summed E-state index contributed by atoms with van der Waals surface area (Å²) in [7, 11) is 0. The van der Waals surface area contributed by atoms with Gasteiger partial charge in [-0.05, 0) is 24.3 Å². The lowest BCUT2D eigenvalue weighted by Gasteiger charge is -2.38. The number of nitrogens with one attached hydrogen (secondary N) is 1. The number of nitrogens with zero attached hydrogens (tertiary/aromatic N) is 2. The Hall–Kier alpha value is -3.40. The Bertz CT molecular complexity index is 872. The summed E-state index contributed by atoms with van der Waals surface area (Å²) < 4.78 is 18.6. The van der Waals surface area contributed by atoms with Crippen LogP contribution in [0.5, 0.6) is 5.75 Å². The molecule has 0 aliphatic carbocycles. The first kappa shape index (κ1) is 17.4. The molecular formula is C19H16FN3O3. The van der Waals surface area contributed by atoms with Crippen molar-refractivity contribution in [1.82, 2.24) is 4.90 Å². The van der Waals surface area contributed by atoms with Crippen LogP contribution in [0.2, 0.25) is 0 Å². The molecule has 1 heterocycles. The second kappa shape index (κ2) is 7.66. The largest absolute Gasteiger partial charge is 0.481 e. The van der Waals surface area contributed by atoms with Crippen molar-refractivity contribution in [2.75, 3.05) is 25.0 Å². The van der Waals surface area contributed by atoms with E-state index in [1.807, 2.05) is 6.07 Å². The van der Waals surface area contributed by atoms with Crippen molar-refractivity contribution in [2.24, 2.45) is 5.92 Å². The van der Waals surface area contributed by atoms with Gasteiger partial charge in [0.2, 0.25) is 5.91 Å². The highest BCUT2D eigenvalue weighted by molar-refractivity contribution is 5.95. The zero-order valence-corrected chi connectivity index (χ0v) is 13.8. The number of hydrogen-bond acceptors (Lipinski definition) is 4. The fourth-order valence-corrected chi connectivity index (χ4v) is 2.57. The number of anilines is 1. The van der Waals surface area contributed by atoms with Crippen molar-refractivity contribution < 1.29 is 18.7 Å². The van der Waals surface area contributed by atoms with Gasteiger partial charge in [0.25, 0.3) is 5.91 Å². The Labute approximate surface area is 149 Å². The molecule has 1 aliphatic rings. The SMILES string of the molecule is N#Cc1ccccc1NC(=O)C1CN(C(=O)COc2ccccc2F)C1. The number of ether oxygens (including phenoxy) is 1. The molecule has 2 amide bonds. The maximum atomic E-state index is 13.4. The third-order valence-corrected chi connectivity index (χ3v) is 4.10. The third kappa shape index (κ3) is 3.81. The molecule has 1 saturated heterocycles. The van der Waals surface area contributed by atoms with Crippen LogP contribution >= 0.6 is 0 Å². The van der Waals surface area contributed by atoms with Crippen LogP contribution in [0, 0.1) is 23.1 Å². The zero-order valence-electron chi connectivity index (χ0n) is 13.8. The Morgan fingerprint density at radius 1 is 1.19 bits per heavy atom. The smallest absolute Gasteiger partial charge is 0.260 e. The lowest BCUT2D eigenvalue weighted by atomic mass is 9.98. The fourth-order valence-electron chi connectivity index (χ4n) is 2.57. The number of carbonyl (C=O) groups excluding carboxylic acids is 2. The van der Waals surface area contributed by atoms with Gasteiger partial charge < -0.3 is 15.0 Å². The molecule has 0 bridgehead atoms. The first-order valence-electron chi connectivity index (χ1n) is 8.03. The topological polar surface area (TPSA) is 82.4 Å². The van der Waals surface area contributed by atoms with E-state index in [2.05, 4.69) is 5.32 Å². The molecule has 0 aromatic heterocycles. The van der Waals surface area contributed by atoms with Crippen LogP contribution in [0.3, 0.4) is 0 Å². The number of nitriles is 1. The van der Waals surface area contributed by atoms with Crippen LogP contribution in [0.4, 0.5) is 10.1 Å². The van der Waals surface area contributed by atoms with E-state index in [1.54, 1.807) is 30.3 Å². The normalized spacial score (nSPS) is 13.5. The van der Waals surface area contributed by atoms with Crippen molar-refractivity contribution in [1.29, 1.82) is 5.26 Å². The minimum atomic E-state index is -0.530. The van der Waals surface area contributed by atoms with Gasteiger partial charge in [0.15, 0.2) is 18.2 Å². The number of halogens is 1. The second-order valence-electron chi connectivity index (χ2n) is 5.86. The zero-order chi connectivity index (χ0) is 18.5. The molecule has 1 aliphatic heterocycles. The molecule has 0 spiro atoms. The van der Waals surface area contributed by atoms with Crippen LogP contribution in [-0.2, 0) is 9.59 Å².